The second-order valence-corrected chi connectivity index (χ2v) is 8.59. The van der Waals surface area contributed by atoms with Crippen LogP contribution in [0.3, 0.4) is 0 Å². The highest BCUT2D eigenvalue weighted by atomic mass is 35.5. The SMILES string of the molecule is Fc1ccc(OCC2CCCN(CC3(c4ccc(Cl)cc4)CCC3)C2)cc1. The third-order valence-corrected chi connectivity index (χ3v) is 6.45. The van der Waals surface area contributed by atoms with Crippen molar-refractivity contribution in [3.63, 3.8) is 0 Å². The Balaban J connectivity index is 1.35. The van der Waals surface area contributed by atoms with Crippen molar-refractivity contribution in [3.8, 4) is 5.75 Å². The summed E-state index contributed by atoms with van der Waals surface area (Å²) in [4.78, 5) is 2.62. The molecule has 0 N–H and O–H groups in total. The molecule has 0 bridgehead atoms. The first-order valence-corrected chi connectivity index (χ1v) is 10.4. The van der Waals surface area contributed by atoms with Crippen molar-refractivity contribution in [2.45, 2.75) is 37.5 Å². The van der Waals surface area contributed by atoms with E-state index in [4.69, 9.17) is 16.3 Å². The topological polar surface area (TPSA) is 12.5 Å². The smallest absolute Gasteiger partial charge is 0.123 e. The zero-order chi connectivity index (χ0) is 18.7. The number of halogens is 2. The van der Waals surface area contributed by atoms with E-state index in [1.165, 1.54) is 56.3 Å². The van der Waals surface area contributed by atoms with Gasteiger partial charge in [-0.25, -0.2) is 4.39 Å². The number of hydrogen-bond donors (Lipinski definition) is 0. The Kier molecular flexibility index (Phi) is 5.70. The van der Waals surface area contributed by atoms with Crippen LogP contribution in [0.15, 0.2) is 48.5 Å². The standard InChI is InChI=1S/C23H27ClFNO/c24-20-6-4-19(5-7-20)23(12-2-13-23)17-26-14-1-3-18(15-26)16-27-22-10-8-21(25)9-11-22/h4-11,18H,1-3,12-17H2. The fourth-order valence-electron chi connectivity index (χ4n) is 4.55. The van der Waals surface area contributed by atoms with Gasteiger partial charge >= 0.3 is 0 Å². The summed E-state index contributed by atoms with van der Waals surface area (Å²) in [6.07, 6.45) is 6.26. The van der Waals surface area contributed by atoms with E-state index in [0.717, 1.165) is 23.9 Å². The van der Waals surface area contributed by atoms with Crippen LogP contribution in [0.25, 0.3) is 0 Å². The number of benzene rings is 2. The van der Waals surface area contributed by atoms with Crippen molar-refractivity contribution in [1.29, 1.82) is 0 Å². The third kappa shape index (κ3) is 4.47. The van der Waals surface area contributed by atoms with Gasteiger partial charge in [0.05, 0.1) is 6.61 Å². The molecule has 0 radical (unpaired) electrons. The number of hydrogen-bond acceptors (Lipinski definition) is 2. The lowest BCUT2D eigenvalue weighted by molar-refractivity contribution is 0.0816. The molecular formula is C23H27ClFNO. The van der Waals surface area contributed by atoms with E-state index in [2.05, 4.69) is 17.0 Å². The third-order valence-electron chi connectivity index (χ3n) is 6.20. The summed E-state index contributed by atoms with van der Waals surface area (Å²) in [6, 6.07) is 14.8. The Morgan fingerprint density at radius 1 is 1.04 bits per heavy atom. The molecule has 1 heterocycles. The quantitative estimate of drug-likeness (QED) is 0.631. The zero-order valence-corrected chi connectivity index (χ0v) is 16.4. The Hall–Kier alpha value is -1.58. The average Bonchev–Trinajstić information content (AvgIpc) is 2.65. The molecule has 2 aromatic carbocycles. The van der Waals surface area contributed by atoms with Crippen LogP contribution in [0.5, 0.6) is 5.75 Å². The second kappa shape index (κ2) is 8.20. The highest BCUT2D eigenvalue weighted by molar-refractivity contribution is 6.30. The molecule has 2 aromatic rings. The molecular weight excluding hydrogens is 361 g/mol. The molecule has 1 unspecified atom stereocenters. The van der Waals surface area contributed by atoms with Gasteiger partial charge in [0.15, 0.2) is 0 Å². The van der Waals surface area contributed by atoms with Gasteiger partial charge in [-0.3, -0.25) is 0 Å². The van der Waals surface area contributed by atoms with Crippen LogP contribution in [0.1, 0.15) is 37.7 Å². The summed E-state index contributed by atoms with van der Waals surface area (Å²) in [5.41, 5.74) is 1.73. The lowest BCUT2D eigenvalue weighted by atomic mass is 9.64. The van der Waals surface area contributed by atoms with Crippen molar-refractivity contribution in [2.75, 3.05) is 26.2 Å². The Morgan fingerprint density at radius 2 is 1.78 bits per heavy atom. The summed E-state index contributed by atoms with van der Waals surface area (Å²) in [5.74, 6) is 1.07. The molecule has 4 heteroatoms. The van der Waals surface area contributed by atoms with Gasteiger partial charge in [-0.2, -0.15) is 0 Å². The summed E-state index contributed by atoms with van der Waals surface area (Å²) in [6.45, 7) is 4.08. The minimum atomic E-state index is -0.223. The highest BCUT2D eigenvalue weighted by Crippen LogP contribution is 2.45. The summed E-state index contributed by atoms with van der Waals surface area (Å²) < 4.78 is 18.9. The van der Waals surface area contributed by atoms with Gasteiger partial charge in [0.25, 0.3) is 0 Å². The Labute approximate surface area is 166 Å². The fraction of sp³-hybridized carbons (Fsp3) is 0.478. The van der Waals surface area contributed by atoms with Gasteiger partial charge < -0.3 is 9.64 Å². The Morgan fingerprint density at radius 3 is 2.44 bits per heavy atom. The van der Waals surface area contributed by atoms with Crippen molar-refractivity contribution in [2.24, 2.45) is 5.92 Å². The van der Waals surface area contributed by atoms with Crippen molar-refractivity contribution < 1.29 is 9.13 Å². The average molecular weight is 388 g/mol. The molecule has 1 atom stereocenters. The van der Waals surface area contributed by atoms with Crippen molar-refractivity contribution in [3.05, 3.63) is 64.9 Å². The first-order valence-electron chi connectivity index (χ1n) is 10.00. The monoisotopic (exact) mass is 387 g/mol. The number of nitrogens with zero attached hydrogens (tertiary/aromatic N) is 1. The molecule has 0 amide bonds. The van der Waals surface area contributed by atoms with Crippen LogP contribution in [-0.2, 0) is 5.41 Å². The van der Waals surface area contributed by atoms with Gasteiger partial charge in [-0.1, -0.05) is 30.2 Å². The van der Waals surface area contributed by atoms with E-state index < -0.39 is 0 Å². The lowest BCUT2D eigenvalue weighted by Gasteiger charge is -2.47. The predicted molar refractivity (Wildman–Crippen MR) is 108 cm³/mol. The number of piperidine rings is 1. The molecule has 2 fully saturated rings. The maximum absolute atomic E-state index is 13.0. The minimum Gasteiger partial charge on any atom is -0.493 e. The van der Waals surface area contributed by atoms with Gasteiger partial charge in [0.2, 0.25) is 0 Å². The lowest BCUT2D eigenvalue weighted by Crippen LogP contribution is -2.49. The first-order chi connectivity index (χ1) is 13.1. The first kappa shape index (κ1) is 18.8. The summed E-state index contributed by atoms with van der Waals surface area (Å²) in [5, 5.41) is 0.809. The molecule has 2 aliphatic rings. The van der Waals surface area contributed by atoms with Gasteiger partial charge in [0, 0.05) is 29.4 Å². The van der Waals surface area contributed by atoms with E-state index in [1.807, 2.05) is 12.1 Å². The van der Waals surface area contributed by atoms with Crippen LogP contribution >= 0.6 is 11.6 Å². The summed E-state index contributed by atoms with van der Waals surface area (Å²) in [7, 11) is 0. The van der Waals surface area contributed by atoms with Gasteiger partial charge in [0.1, 0.15) is 11.6 Å². The molecule has 4 rings (SSSR count). The molecule has 1 saturated heterocycles. The van der Waals surface area contributed by atoms with E-state index in [-0.39, 0.29) is 5.82 Å². The number of ether oxygens (including phenoxy) is 1. The molecule has 1 aliphatic carbocycles. The van der Waals surface area contributed by atoms with E-state index in [0.29, 0.717) is 17.9 Å². The number of rotatable bonds is 6. The molecule has 144 valence electrons. The molecule has 1 saturated carbocycles. The second-order valence-electron chi connectivity index (χ2n) is 8.15. The van der Waals surface area contributed by atoms with E-state index in [1.54, 1.807) is 12.1 Å². The largest absolute Gasteiger partial charge is 0.493 e. The molecule has 2 nitrogen and oxygen atoms in total. The number of likely N-dealkylation sites (tertiary alicyclic amines) is 1. The van der Waals surface area contributed by atoms with Gasteiger partial charge in [-0.05, 0) is 74.2 Å². The molecule has 0 aromatic heterocycles. The maximum atomic E-state index is 13.0. The minimum absolute atomic E-state index is 0.223. The van der Waals surface area contributed by atoms with Gasteiger partial charge in [-0.15, -0.1) is 0 Å². The van der Waals surface area contributed by atoms with Crippen molar-refractivity contribution in [1.82, 2.24) is 4.90 Å². The normalized spacial score (nSPS) is 22.2. The van der Waals surface area contributed by atoms with Crippen LogP contribution < -0.4 is 4.74 Å². The summed E-state index contributed by atoms with van der Waals surface area (Å²) >= 11 is 6.08. The van der Waals surface area contributed by atoms with Crippen molar-refractivity contribution >= 4 is 11.6 Å². The van der Waals surface area contributed by atoms with Crippen LogP contribution in [0.4, 0.5) is 4.39 Å². The predicted octanol–water partition coefficient (Wildman–Crippen LogP) is 5.69. The van der Waals surface area contributed by atoms with E-state index >= 15 is 0 Å². The van der Waals surface area contributed by atoms with Crippen LogP contribution in [0.2, 0.25) is 5.02 Å². The molecule has 0 spiro atoms. The zero-order valence-electron chi connectivity index (χ0n) is 15.7. The van der Waals surface area contributed by atoms with Crippen LogP contribution in [-0.4, -0.2) is 31.1 Å². The van der Waals surface area contributed by atoms with E-state index in [9.17, 15) is 4.39 Å². The maximum Gasteiger partial charge on any atom is 0.123 e. The van der Waals surface area contributed by atoms with Crippen LogP contribution in [0, 0.1) is 11.7 Å². The fourth-order valence-corrected chi connectivity index (χ4v) is 4.67. The molecule has 27 heavy (non-hydrogen) atoms. The Bertz CT molecular complexity index is 742. The highest BCUT2D eigenvalue weighted by Gasteiger charge is 2.40. The molecule has 1 aliphatic heterocycles.